The van der Waals surface area contributed by atoms with Crippen molar-refractivity contribution in [2.24, 2.45) is 11.8 Å². The van der Waals surface area contributed by atoms with Gasteiger partial charge in [-0.15, -0.1) is 0 Å². The molecular weight excluding hydrogens is 324 g/mol. The molecule has 0 bridgehead atoms. The van der Waals surface area contributed by atoms with Crippen molar-refractivity contribution in [1.82, 2.24) is 9.62 Å². The van der Waals surface area contributed by atoms with Crippen LogP contribution in [0.3, 0.4) is 0 Å². The predicted molar refractivity (Wildman–Crippen MR) is 93.7 cm³/mol. The first-order valence-corrected chi connectivity index (χ1v) is 9.90. The number of rotatable bonds is 4. The summed E-state index contributed by atoms with van der Waals surface area (Å²) in [5.41, 5.74) is 0. The maximum Gasteiger partial charge on any atom is 0.243 e. The van der Waals surface area contributed by atoms with Gasteiger partial charge in [0.25, 0.3) is 0 Å². The Bertz CT molecular complexity index is 854. The van der Waals surface area contributed by atoms with Crippen LogP contribution in [0.5, 0.6) is 5.75 Å². The summed E-state index contributed by atoms with van der Waals surface area (Å²) in [7, 11) is -3.49. The molecular formula is C18H22N2O3S. The molecule has 6 heteroatoms. The Labute approximate surface area is 142 Å². The van der Waals surface area contributed by atoms with Crippen molar-refractivity contribution in [3.8, 4) is 5.75 Å². The molecule has 2 heterocycles. The molecule has 2 aromatic carbocycles. The van der Waals surface area contributed by atoms with Gasteiger partial charge in [0.1, 0.15) is 5.75 Å². The first kappa shape index (κ1) is 15.9. The van der Waals surface area contributed by atoms with Gasteiger partial charge in [-0.05, 0) is 44.0 Å². The summed E-state index contributed by atoms with van der Waals surface area (Å²) in [6, 6.07) is 11.0. The molecule has 2 atom stereocenters. The Morgan fingerprint density at radius 1 is 1.08 bits per heavy atom. The zero-order valence-electron chi connectivity index (χ0n) is 13.7. The number of hydrogen-bond donors (Lipinski definition) is 1. The van der Waals surface area contributed by atoms with E-state index in [-0.39, 0.29) is 0 Å². The van der Waals surface area contributed by atoms with Gasteiger partial charge >= 0.3 is 0 Å². The Kier molecular flexibility index (Phi) is 3.98. The van der Waals surface area contributed by atoms with E-state index in [0.29, 0.717) is 36.4 Å². The van der Waals surface area contributed by atoms with E-state index in [1.54, 1.807) is 16.4 Å². The molecule has 2 saturated heterocycles. The summed E-state index contributed by atoms with van der Waals surface area (Å²) in [6.45, 7) is 5.54. The number of benzene rings is 2. The summed E-state index contributed by atoms with van der Waals surface area (Å²) in [6.07, 6.45) is 0. The molecule has 24 heavy (non-hydrogen) atoms. The minimum atomic E-state index is -3.49. The van der Waals surface area contributed by atoms with Crippen LogP contribution < -0.4 is 10.1 Å². The summed E-state index contributed by atoms with van der Waals surface area (Å²) in [4.78, 5) is 0.384. The van der Waals surface area contributed by atoms with Crippen molar-refractivity contribution in [2.45, 2.75) is 11.8 Å². The Hall–Kier alpha value is -1.63. The Morgan fingerprint density at radius 2 is 1.75 bits per heavy atom. The highest BCUT2D eigenvalue weighted by Gasteiger charge is 2.41. The molecule has 1 N–H and O–H groups in total. The lowest BCUT2D eigenvalue weighted by Crippen LogP contribution is -2.32. The van der Waals surface area contributed by atoms with Gasteiger partial charge in [0.2, 0.25) is 10.0 Å². The molecule has 2 aromatic rings. The predicted octanol–water partition coefficient (Wildman–Crippen LogP) is 2.08. The SMILES string of the molecule is CCOc1ccc(S(=O)(=O)N2C[C@H]3CNC[C@H]3C2)c2ccccc12. The Morgan fingerprint density at radius 3 is 2.42 bits per heavy atom. The largest absolute Gasteiger partial charge is 0.493 e. The summed E-state index contributed by atoms with van der Waals surface area (Å²) < 4.78 is 33.7. The summed E-state index contributed by atoms with van der Waals surface area (Å²) in [5.74, 6) is 1.61. The molecule has 0 radical (unpaired) electrons. The van der Waals surface area contributed by atoms with Crippen LogP contribution >= 0.6 is 0 Å². The first-order chi connectivity index (χ1) is 11.6. The van der Waals surface area contributed by atoms with Gasteiger partial charge in [-0.25, -0.2) is 8.42 Å². The van der Waals surface area contributed by atoms with Gasteiger partial charge < -0.3 is 10.1 Å². The number of hydrogen-bond acceptors (Lipinski definition) is 4. The van der Waals surface area contributed by atoms with E-state index < -0.39 is 10.0 Å². The molecule has 2 aliphatic rings. The van der Waals surface area contributed by atoms with E-state index in [1.165, 1.54) is 0 Å². The molecule has 0 aliphatic carbocycles. The fourth-order valence-corrected chi connectivity index (χ4v) is 5.65. The lowest BCUT2D eigenvalue weighted by Gasteiger charge is -2.19. The molecule has 5 nitrogen and oxygen atoms in total. The Balaban J connectivity index is 1.77. The van der Waals surface area contributed by atoms with Crippen LogP contribution in [0.25, 0.3) is 10.8 Å². The van der Waals surface area contributed by atoms with Crippen LogP contribution in [-0.2, 0) is 10.0 Å². The summed E-state index contributed by atoms with van der Waals surface area (Å²) in [5, 5.41) is 4.93. The van der Waals surface area contributed by atoms with E-state index in [4.69, 9.17) is 4.74 Å². The molecule has 0 aromatic heterocycles. The molecule has 0 amide bonds. The van der Waals surface area contributed by atoms with Gasteiger partial charge in [0.15, 0.2) is 0 Å². The molecule has 2 aliphatic heterocycles. The number of nitrogens with one attached hydrogen (secondary N) is 1. The highest BCUT2D eigenvalue weighted by atomic mass is 32.2. The van der Waals surface area contributed by atoms with Gasteiger partial charge in [-0.1, -0.05) is 24.3 Å². The quantitative estimate of drug-likeness (QED) is 0.921. The van der Waals surface area contributed by atoms with Crippen molar-refractivity contribution in [2.75, 3.05) is 32.8 Å². The second kappa shape index (κ2) is 6.02. The third kappa shape index (κ3) is 2.49. The van der Waals surface area contributed by atoms with Crippen molar-refractivity contribution in [1.29, 1.82) is 0 Å². The van der Waals surface area contributed by atoms with Crippen LogP contribution in [0, 0.1) is 11.8 Å². The normalized spacial score (nSPS) is 24.4. The van der Waals surface area contributed by atoms with Gasteiger partial charge in [0.05, 0.1) is 11.5 Å². The monoisotopic (exact) mass is 346 g/mol. The number of fused-ring (bicyclic) bond motifs is 2. The van der Waals surface area contributed by atoms with E-state index in [9.17, 15) is 8.42 Å². The van der Waals surface area contributed by atoms with Crippen LogP contribution in [0.2, 0.25) is 0 Å². The van der Waals surface area contributed by atoms with E-state index in [0.717, 1.165) is 29.6 Å². The average molecular weight is 346 g/mol. The standard InChI is InChI=1S/C18H22N2O3S/c1-2-23-17-7-8-18(16-6-4-3-5-15(16)17)24(21,22)20-11-13-9-19-10-14(13)12-20/h3-8,13-14,19H,2,9-12H2,1H3/t13-,14+. The van der Waals surface area contributed by atoms with E-state index in [2.05, 4.69) is 5.32 Å². The fourth-order valence-electron chi connectivity index (χ4n) is 3.90. The van der Waals surface area contributed by atoms with E-state index >= 15 is 0 Å². The van der Waals surface area contributed by atoms with E-state index in [1.807, 2.05) is 31.2 Å². The van der Waals surface area contributed by atoms with Crippen LogP contribution in [0.1, 0.15) is 6.92 Å². The van der Waals surface area contributed by atoms with Gasteiger partial charge in [-0.2, -0.15) is 4.31 Å². The third-order valence-corrected chi connectivity index (χ3v) is 7.01. The fraction of sp³-hybridized carbons (Fsp3) is 0.444. The van der Waals surface area contributed by atoms with Crippen molar-refractivity contribution in [3.63, 3.8) is 0 Å². The molecule has 4 rings (SSSR count). The zero-order chi connectivity index (χ0) is 16.7. The second-order valence-electron chi connectivity index (χ2n) is 6.54. The molecule has 0 unspecified atom stereocenters. The maximum atomic E-state index is 13.2. The molecule has 0 saturated carbocycles. The van der Waals surface area contributed by atoms with Crippen LogP contribution in [-0.4, -0.2) is 45.5 Å². The summed E-state index contributed by atoms with van der Waals surface area (Å²) >= 11 is 0. The van der Waals surface area contributed by atoms with Crippen molar-refractivity contribution in [3.05, 3.63) is 36.4 Å². The highest BCUT2D eigenvalue weighted by Crippen LogP contribution is 2.36. The lowest BCUT2D eigenvalue weighted by atomic mass is 10.0. The minimum Gasteiger partial charge on any atom is -0.493 e. The number of nitrogens with zero attached hydrogens (tertiary/aromatic N) is 1. The maximum absolute atomic E-state index is 13.2. The lowest BCUT2D eigenvalue weighted by molar-refractivity contribution is 0.344. The highest BCUT2D eigenvalue weighted by molar-refractivity contribution is 7.89. The van der Waals surface area contributed by atoms with Gasteiger partial charge in [0, 0.05) is 23.9 Å². The first-order valence-electron chi connectivity index (χ1n) is 8.46. The zero-order valence-corrected chi connectivity index (χ0v) is 14.6. The van der Waals surface area contributed by atoms with Crippen LogP contribution in [0.4, 0.5) is 0 Å². The van der Waals surface area contributed by atoms with Crippen molar-refractivity contribution < 1.29 is 13.2 Å². The molecule has 128 valence electrons. The topological polar surface area (TPSA) is 58.6 Å². The number of ether oxygens (including phenoxy) is 1. The second-order valence-corrected chi connectivity index (χ2v) is 8.45. The van der Waals surface area contributed by atoms with Gasteiger partial charge in [-0.3, -0.25) is 0 Å². The smallest absolute Gasteiger partial charge is 0.243 e. The molecule has 2 fully saturated rings. The minimum absolute atomic E-state index is 0.384. The average Bonchev–Trinajstić information content (AvgIpc) is 3.17. The van der Waals surface area contributed by atoms with Crippen molar-refractivity contribution >= 4 is 20.8 Å². The third-order valence-electron chi connectivity index (χ3n) is 5.12. The number of sulfonamides is 1. The molecule has 0 spiro atoms. The van der Waals surface area contributed by atoms with Crippen LogP contribution in [0.15, 0.2) is 41.3 Å².